The van der Waals surface area contributed by atoms with Gasteiger partial charge < -0.3 is 19.1 Å². The fourth-order valence-electron chi connectivity index (χ4n) is 5.20. The maximum Gasteiger partial charge on any atom is 0.472 e. The van der Waals surface area contributed by atoms with Crippen molar-refractivity contribution in [3.05, 3.63) is 43.0 Å². The SMILES string of the molecule is CCCCCCCCCCCCCCCCOCC(COP(=O)(O)OC[C@H]1O[C@@H](n2cc(C)c(=O)[nH]c2=O)C[C@@H]1N=[N+]=[N-])OC. The van der Waals surface area contributed by atoms with Gasteiger partial charge in [0.25, 0.3) is 5.56 Å². The fourth-order valence-corrected chi connectivity index (χ4v) is 5.97. The topological polar surface area (TPSA) is 187 Å². The van der Waals surface area contributed by atoms with E-state index in [1.165, 1.54) is 102 Å². The van der Waals surface area contributed by atoms with E-state index in [0.29, 0.717) is 12.2 Å². The molecule has 2 N–H and O–H groups in total. The largest absolute Gasteiger partial charge is 0.472 e. The van der Waals surface area contributed by atoms with Gasteiger partial charge in [0.2, 0.25) is 0 Å². The Hall–Kier alpha value is -2.02. The number of aryl methyl sites for hydroxylation is 1. The maximum atomic E-state index is 12.5. The average molecular weight is 660 g/mol. The second-order valence-corrected chi connectivity index (χ2v) is 13.2. The summed E-state index contributed by atoms with van der Waals surface area (Å²) in [6.45, 7) is 3.90. The molecule has 2 unspecified atom stereocenters. The first kappa shape index (κ1) is 39.2. The molecule has 2 rings (SSSR count). The third kappa shape index (κ3) is 15.9. The van der Waals surface area contributed by atoms with Crippen LogP contribution in [0.15, 0.2) is 20.9 Å². The zero-order valence-corrected chi connectivity index (χ0v) is 28.2. The number of aromatic amines is 1. The minimum Gasteiger partial charge on any atom is -0.379 e. The van der Waals surface area contributed by atoms with Crippen LogP contribution in [0.3, 0.4) is 0 Å². The van der Waals surface area contributed by atoms with Crippen LogP contribution in [-0.4, -0.2) is 66.2 Å². The van der Waals surface area contributed by atoms with Gasteiger partial charge in [-0.05, 0) is 18.9 Å². The second-order valence-electron chi connectivity index (χ2n) is 11.7. The number of nitrogens with one attached hydrogen (secondary N) is 1. The smallest absolute Gasteiger partial charge is 0.379 e. The van der Waals surface area contributed by atoms with Crippen LogP contribution in [0.2, 0.25) is 0 Å². The van der Waals surface area contributed by atoms with Crippen LogP contribution in [0.25, 0.3) is 10.4 Å². The monoisotopic (exact) mass is 659 g/mol. The summed E-state index contributed by atoms with van der Waals surface area (Å²) < 4.78 is 40.7. The number of methoxy groups -OCH3 is 1. The second kappa shape index (κ2) is 22.5. The van der Waals surface area contributed by atoms with E-state index in [0.717, 1.165) is 12.8 Å². The molecule has 5 atom stereocenters. The summed E-state index contributed by atoms with van der Waals surface area (Å²) in [4.78, 5) is 39.1. The van der Waals surface area contributed by atoms with E-state index >= 15 is 0 Å². The lowest BCUT2D eigenvalue weighted by Crippen LogP contribution is -2.33. The molecule has 1 aromatic heterocycles. The molecular weight excluding hydrogens is 605 g/mol. The number of aromatic nitrogens is 2. The third-order valence-corrected chi connectivity index (χ3v) is 8.92. The van der Waals surface area contributed by atoms with Gasteiger partial charge >= 0.3 is 13.5 Å². The molecule has 0 spiro atoms. The number of hydrogen-bond donors (Lipinski definition) is 2. The normalized spacial score (nSPS) is 20.1. The first-order chi connectivity index (χ1) is 21.7. The molecule has 0 aliphatic carbocycles. The molecule has 2 heterocycles. The van der Waals surface area contributed by atoms with E-state index in [-0.39, 0.29) is 19.6 Å². The Morgan fingerprint density at radius 3 is 2.22 bits per heavy atom. The van der Waals surface area contributed by atoms with Crippen molar-refractivity contribution in [1.82, 2.24) is 9.55 Å². The lowest BCUT2D eigenvalue weighted by Gasteiger charge is -2.20. The van der Waals surface area contributed by atoms with Crippen LogP contribution >= 0.6 is 7.82 Å². The van der Waals surface area contributed by atoms with Crippen LogP contribution in [0, 0.1) is 6.92 Å². The number of ether oxygens (including phenoxy) is 3. The Morgan fingerprint density at radius 1 is 1.04 bits per heavy atom. The minimum absolute atomic E-state index is 0.0997. The first-order valence-corrected chi connectivity index (χ1v) is 17.9. The molecule has 1 fully saturated rings. The Labute approximate surface area is 266 Å². The van der Waals surface area contributed by atoms with Crippen molar-refractivity contribution in [3.63, 3.8) is 0 Å². The Balaban J connectivity index is 1.59. The molecule has 1 aliphatic rings. The zero-order valence-electron chi connectivity index (χ0n) is 27.3. The number of phosphoric acid groups is 1. The van der Waals surface area contributed by atoms with Crippen LogP contribution in [0.5, 0.6) is 0 Å². The van der Waals surface area contributed by atoms with Crippen molar-refractivity contribution >= 4 is 7.82 Å². The van der Waals surface area contributed by atoms with E-state index in [1.54, 1.807) is 0 Å². The van der Waals surface area contributed by atoms with Crippen molar-refractivity contribution in [2.45, 2.75) is 135 Å². The highest BCUT2D eigenvalue weighted by atomic mass is 31.2. The first-order valence-electron chi connectivity index (χ1n) is 16.4. The van der Waals surface area contributed by atoms with E-state index < -0.39 is 50.2 Å². The van der Waals surface area contributed by atoms with E-state index in [4.69, 9.17) is 28.8 Å². The summed E-state index contributed by atoms with van der Waals surface area (Å²) in [6, 6.07) is -0.783. The quantitative estimate of drug-likeness (QED) is 0.0370. The fraction of sp³-hybridized carbons (Fsp3) is 0.867. The number of azide groups is 1. The standard InChI is InChI=1S/C30H54N5O9P/c1-4-5-6-7-8-9-10-11-12-13-14-15-16-17-18-41-21-25(40-3)22-42-45(38,39)43-23-27-26(33-34-31)19-28(44-27)35-20-24(2)29(36)32-30(35)37/h20,25-28H,4-19,21-23H2,1-3H3,(H,38,39)(H,32,36,37)/t25?,26-,27+,28+/m0/s1. The summed E-state index contributed by atoms with van der Waals surface area (Å²) in [6.07, 6.45) is 17.1. The molecule has 45 heavy (non-hydrogen) atoms. The van der Waals surface area contributed by atoms with Crippen molar-refractivity contribution in [2.24, 2.45) is 5.11 Å². The minimum atomic E-state index is -4.52. The van der Waals surface area contributed by atoms with Gasteiger partial charge in [0.05, 0.1) is 32.0 Å². The molecule has 15 heteroatoms. The molecule has 0 aromatic carbocycles. The van der Waals surface area contributed by atoms with Crippen molar-refractivity contribution in [2.75, 3.05) is 33.5 Å². The van der Waals surface area contributed by atoms with Crippen LogP contribution < -0.4 is 11.2 Å². The van der Waals surface area contributed by atoms with Gasteiger partial charge in [0.15, 0.2) is 0 Å². The van der Waals surface area contributed by atoms with Crippen molar-refractivity contribution in [3.8, 4) is 0 Å². The van der Waals surface area contributed by atoms with Crippen LogP contribution in [-0.2, 0) is 27.8 Å². The number of phosphoric ester groups is 1. The molecular formula is C30H54N5O9P. The number of unbranched alkanes of at least 4 members (excludes halogenated alkanes) is 13. The van der Waals surface area contributed by atoms with Gasteiger partial charge in [0.1, 0.15) is 12.3 Å². The molecule has 14 nitrogen and oxygen atoms in total. The summed E-state index contributed by atoms with van der Waals surface area (Å²) in [5, 5.41) is 3.67. The van der Waals surface area contributed by atoms with Crippen LogP contribution in [0.4, 0.5) is 0 Å². The number of H-pyrrole nitrogens is 1. The average Bonchev–Trinajstić information content (AvgIpc) is 3.41. The lowest BCUT2D eigenvalue weighted by atomic mass is 10.0. The highest BCUT2D eigenvalue weighted by molar-refractivity contribution is 7.47. The van der Waals surface area contributed by atoms with Gasteiger partial charge in [-0.1, -0.05) is 95.5 Å². The third-order valence-electron chi connectivity index (χ3n) is 7.97. The maximum absolute atomic E-state index is 12.5. The van der Waals surface area contributed by atoms with Gasteiger partial charge in [-0.2, -0.15) is 0 Å². The Kier molecular flexibility index (Phi) is 19.6. The van der Waals surface area contributed by atoms with Gasteiger partial charge in [-0.15, -0.1) is 0 Å². The van der Waals surface area contributed by atoms with E-state index in [1.807, 2.05) is 0 Å². The Bertz CT molecular complexity index is 1170. The predicted molar refractivity (Wildman–Crippen MR) is 171 cm³/mol. The highest BCUT2D eigenvalue weighted by Crippen LogP contribution is 2.44. The predicted octanol–water partition coefficient (Wildman–Crippen LogP) is 6.46. The molecule has 258 valence electrons. The molecule has 0 saturated carbocycles. The van der Waals surface area contributed by atoms with Gasteiger partial charge in [-0.3, -0.25) is 23.4 Å². The number of hydrogen-bond acceptors (Lipinski definition) is 9. The molecule has 0 radical (unpaired) electrons. The van der Waals surface area contributed by atoms with Gasteiger partial charge in [0, 0.05) is 36.8 Å². The summed E-state index contributed by atoms with van der Waals surface area (Å²) in [5.41, 5.74) is 8.02. The van der Waals surface area contributed by atoms with Crippen LogP contribution in [0.1, 0.15) is 115 Å². The molecule has 1 saturated heterocycles. The summed E-state index contributed by atoms with van der Waals surface area (Å²) in [7, 11) is -3.05. The summed E-state index contributed by atoms with van der Waals surface area (Å²) >= 11 is 0. The summed E-state index contributed by atoms with van der Waals surface area (Å²) in [5.74, 6) is 0. The van der Waals surface area contributed by atoms with Crippen molar-refractivity contribution < 1.29 is 32.7 Å². The van der Waals surface area contributed by atoms with E-state index in [2.05, 4.69) is 21.9 Å². The molecule has 0 amide bonds. The molecule has 0 bridgehead atoms. The number of rotatable bonds is 26. The number of nitrogens with zero attached hydrogens (tertiary/aromatic N) is 4. The zero-order chi connectivity index (χ0) is 32.9. The molecule has 1 aliphatic heterocycles. The molecule has 1 aromatic rings. The Morgan fingerprint density at radius 2 is 1.64 bits per heavy atom. The van der Waals surface area contributed by atoms with Gasteiger partial charge in [-0.25, -0.2) is 9.36 Å². The highest BCUT2D eigenvalue weighted by Gasteiger charge is 2.38. The van der Waals surface area contributed by atoms with E-state index in [9.17, 15) is 19.0 Å². The van der Waals surface area contributed by atoms with Crippen molar-refractivity contribution in [1.29, 1.82) is 0 Å². The lowest BCUT2D eigenvalue weighted by molar-refractivity contribution is -0.0380.